The fourth-order valence-electron chi connectivity index (χ4n) is 3.57. The van der Waals surface area contributed by atoms with E-state index in [1.165, 1.54) is 6.07 Å². The summed E-state index contributed by atoms with van der Waals surface area (Å²) in [5.41, 5.74) is 0.497. The van der Waals surface area contributed by atoms with Crippen molar-refractivity contribution < 1.29 is 23.1 Å². The molecule has 1 aliphatic rings. The molecule has 144 valence electrons. The molecule has 7 heteroatoms. The number of halogens is 4. The van der Waals surface area contributed by atoms with Crippen molar-refractivity contribution in [2.45, 2.75) is 25.1 Å². The molecule has 2 aromatic rings. The van der Waals surface area contributed by atoms with E-state index in [1.807, 2.05) is 4.90 Å². The van der Waals surface area contributed by atoms with Gasteiger partial charge in [-0.1, -0.05) is 41.9 Å². The second kappa shape index (κ2) is 7.90. The number of rotatable bonds is 4. The van der Waals surface area contributed by atoms with Gasteiger partial charge in [0.1, 0.15) is 0 Å². The van der Waals surface area contributed by atoms with E-state index in [2.05, 4.69) is 0 Å². The maximum absolute atomic E-state index is 13.2. The number of hydrogen-bond donors (Lipinski definition) is 1. The lowest BCUT2D eigenvalue weighted by molar-refractivity contribution is -0.143. The zero-order valence-corrected chi connectivity index (χ0v) is 15.2. The smallest absolute Gasteiger partial charge is 0.416 e. The molecule has 0 spiro atoms. The fraction of sp³-hybridized carbons (Fsp3) is 0.350. The number of carbonyl (C=O) groups is 1. The molecule has 0 amide bonds. The highest BCUT2D eigenvalue weighted by Crippen LogP contribution is 2.38. The van der Waals surface area contributed by atoms with Crippen LogP contribution in [0.4, 0.5) is 13.2 Å². The van der Waals surface area contributed by atoms with Crippen molar-refractivity contribution in [2.75, 3.05) is 13.1 Å². The summed E-state index contributed by atoms with van der Waals surface area (Å²) in [6.45, 7) is 0.951. The normalized spacial score (nSPS) is 17.6. The minimum absolute atomic E-state index is 0.422. The fourth-order valence-corrected chi connectivity index (χ4v) is 3.81. The molecule has 0 bridgehead atoms. The Hall–Kier alpha value is -2.05. The average Bonchev–Trinajstić information content (AvgIpc) is 2.63. The molecule has 0 radical (unpaired) electrons. The van der Waals surface area contributed by atoms with Crippen molar-refractivity contribution >= 4 is 17.6 Å². The van der Waals surface area contributed by atoms with Crippen molar-refractivity contribution in [2.24, 2.45) is 5.92 Å². The number of likely N-dealkylation sites (tertiary alicyclic amines) is 1. The summed E-state index contributed by atoms with van der Waals surface area (Å²) >= 11 is 6.35. The summed E-state index contributed by atoms with van der Waals surface area (Å²) in [6, 6.07) is 11.9. The highest BCUT2D eigenvalue weighted by atomic mass is 35.5. The molecule has 3 rings (SSSR count). The van der Waals surface area contributed by atoms with Gasteiger partial charge in [-0.25, -0.2) is 0 Å². The Balaban J connectivity index is 2.00. The van der Waals surface area contributed by atoms with Crippen LogP contribution in [0.15, 0.2) is 48.5 Å². The number of carboxylic acid groups (broad SMARTS) is 1. The number of carboxylic acids is 1. The third kappa shape index (κ3) is 4.45. The number of piperidine rings is 1. The molecule has 2 aromatic carbocycles. The van der Waals surface area contributed by atoms with Gasteiger partial charge in [-0.2, -0.15) is 13.2 Å². The lowest BCUT2D eigenvalue weighted by Crippen LogP contribution is -2.39. The molecule has 1 unspecified atom stereocenters. The van der Waals surface area contributed by atoms with Gasteiger partial charge in [-0.3, -0.25) is 9.69 Å². The van der Waals surface area contributed by atoms with Gasteiger partial charge in [-0.15, -0.1) is 0 Å². The zero-order valence-electron chi connectivity index (χ0n) is 14.4. The van der Waals surface area contributed by atoms with Gasteiger partial charge in [0.05, 0.1) is 17.5 Å². The first kappa shape index (κ1) is 19.7. The number of alkyl halides is 3. The summed E-state index contributed by atoms with van der Waals surface area (Å²) in [7, 11) is 0. The molecule has 1 saturated heterocycles. The lowest BCUT2D eigenvalue weighted by Gasteiger charge is -2.37. The molecule has 1 fully saturated rings. The molecule has 1 heterocycles. The van der Waals surface area contributed by atoms with Gasteiger partial charge in [0, 0.05) is 5.02 Å². The van der Waals surface area contributed by atoms with E-state index < -0.39 is 29.7 Å². The van der Waals surface area contributed by atoms with Crippen LogP contribution in [0.1, 0.15) is 35.6 Å². The molecular weight excluding hydrogens is 379 g/mol. The molecule has 1 N–H and O–H groups in total. The Morgan fingerprint density at radius 2 is 1.78 bits per heavy atom. The maximum atomic E-state index is 13.2. The molecule has 27 heavy (non-hydrogen) atoms. The largest absolute Gasteiger partial charge is 0.481 e. The van der Waals surface area contributed by atoms with Gasteiger partial charge >= 0.3 is 12.1 Å². The first-order valence-electron chi connectivity index (χ1n) is 8.66. The first-order chi connectivity index (χ1) is 12.8. The lowest BCUT2D eigenvalue weighted by atomic mass is 9.90. The van der Waals surface area contributed by atoms with Crippen LogP contribution < -0.4 is 0 Å². The van der Waals surface area contributed by atoms with E-state index in [-0.39, 0.29) is 0 Å². The van der Waals surface area contributed by atoms with E-state index in [0.717, 1.165) is 12.1 Å². The minimum Gasteiger partial charge on any atom is -0.481 e. The third-order valence-electron chi connectivity index (χ3n) is 4.97. The Morgan fingerprint density at radius 3 is 2.37 bits per heavy atom. The molecule has 3 nitrogen and oxygen atoms in total. The molecule has 1 aliphatic heterocycles. The topological polar surface area (TPSA) is 40.5 Å². The maximum Gasteiger partial charge on any atom is 0.416 e. The Labute approximate surface area is 160 Å². The van der Waals surface area contributed by atoms with Crippen molar-refractivity contribution in [3.05, 3.63) is 70.2 Å². The Morgan fingerprint density at radius 1 is 1.11 bits per heavy atom. The van der Waals surface area contributed by atoms with Gasteiger partial charge in [0.2, 0.25) is 0 Å². The van der Waals surface area contributed by atoms with Crippen molar-refractivity contribution in [3.8, 4) is 0 Å². The second-order valence-corrected chi connectivity index (χ2v) is 7.10. The first-order valence-corrected chi connectivity index (χ1v) is 9.03. The third-order valence-corrected chi connectivity index (χ3v) is 5.32. The summed E-state index contributed by atoms with van der Waals surface area (Å²) in [6.07, 6.45) is -3.53. The molecule has 0 saturated carbocycles. The van der Waals surface area contributed by atoms with Gasteiger partial charge in [-0.05, 0) is 55.3 Å². The van der Waals surface area contributed by atoms with E-state index in [1.54, 1.807) is 30.3 Å². The number of benzene rings is 2. The highest BCUT2D eigenvalue weighted by Gasteiger charge is 2.34. The molecule has 0 aromatic heterocycles. The monoisotopic (exact) mass is 397 g/mol. The Bertz CT molecular complexity index is 817. The minimum atomic E-state index is -4.43. The van der Waals surface area contributed by atoms with Crippen molar-refractivity contribution in [1.29, 1.82) is 0 Å². The molecular formula is C20H19ClF3NO2. The van der Waals surface area contributed by atoms with Crippen LogP contribution >= 0.6 is 11.6 Å². The predicted octanol–water partition coefficient (Wildman–Crippen LogP) is 5.24. The summed E-state index contributed by atoms with van der Waals surface area (Å²) in [5.74, 6) is -1.25. The van der Waals surface area contributed by atoms with Crippen LogP contribution in [0.2, 0.25) is 5.02 Å². The van der Waals surface area contributed by atoms with Crippen LogP contribution in [-0.4, -0.2) is 29.1 Å². The quantitative estimate of drug-likeness (QED) is 0.766. The SMILES string of the molecule is O=C(O)C1CCN(C(c2cccc(C(F)(F)F)c2)c2ccccc2Cl)CC1. The van der Waals surface area contributed by atoms with Crippen LogP contribution in [0.5, 0.6) is 0 Å². The second-order valence-electron chi connectivity index (χ2n) is 6.70. The number of aliphatic carboxylic acids is 1. The standard InChI is InChI=1S/C20H19ClF3NO2/c21-17-7-2-1-6-16(17)18(25-10-8-13(9-11-25)19(26)27)14-4-3-5-15(12-14)20(22,23)24/h1-7,12-13,18H,8-11H2,(H,26,27). The van der Waals surface area contributed by atoms with Crippen LogP contribution in [-0.2, 0) is 11.0 Å². The summed E-state index contributed by atoms with van der Waals surface area (Å²) in [5, 5.41) is 9.68. The average molecular weight is 398 g/mol. The van der Waals surface area contributed by atoms with Gasteiger partial charge in [0.15, 0.2) is 0 Å². The summed E-state index contributed by atoms with van der Waals surface area (Å²) < 4.78 is 39.6. The van der Waals surface area contributed by atoms with E-state index >= 15 is 0 Å². The molecule has 1 atom stereocenters. The predicted molar refractivity (Wildman–Crippen MR) is 96.7 cm³/mol. The molecule has 0 aliphatic carbocycles. The van der Waals surface area contributed by atoms with E-state index in [4.69, 9.17) is 11.6 Å². The summed E-state index contributed by atoms with van der Waals surface area (Å²) in [4.78, 5) is 13.2. The number of nitrogens with zero attached hydrogens (tertiary/aromatic N) is 1. The van der Waals surface area contributed by atoms with Crippen LogP contribution in [0.25, 0.3) is 0 Å². The van der Waals surface area contributed by atoms with Gasteiger partial charge in [0.25, 0.3) is 0 Å². The Kier molecular flexibility index (Phi) is 5.77. The number of hydrogen-bond acceptors (Lipinski definition) is 2. The van der Waals surface area contributed by atoms with Crippen LogP contribution in [0.3, 0.4) is 0 Å². The van der Waals surface area contributed by atoms with Crippen molar-refractivity contribution in [1.82, 2.24) is 4.90 Å². The van der Waals surface area contributed by atoms with E-state index in [0.29, 0.717) is 42.1 Å². The van der Waals surface area contributed by atoms with Gasteiger partial charge < -0.3 is 5.11 Å². The highest BCUT2D eigenvalue weighted by molar-refractivity contribution is 6.31. The van der Waals surface area contributed by atoms with Crippen LogP contribution in [0, 0.1) is 5.92 Å². The van der Waals surface area contributed by atoms with E-state index in [9.17, 15) is 23.1 Å². The zero-order chi connectivity index (χ0) is 19.6. The van der Waals surface area contributed by atoms with Crippen molar-refractivity contribution in [3.63, 3.8) is 0 Å².